The van der Waals surface area contributed by atoms with E-state index in [9.17, 15) is 0 Å². The Hall–Kier alpha value is -6.56. The van der Waals surface area contributed by atoms with Crippen LogP contribution in [-0.4, -0.2) is 12.3 Å². The Labute approximate surface area is 464 Å². The van der Waals surface area contributed by atoms with E-state index in [2.05, 4.69) is 269 Å². The maximum absolute atomic E-state index is 2.82. The van der Waals surface area contributed by atoms with Gasteiger partial charge >= 0.3 is 0 Å². The normalized spacial score (nSPS) is 19.1. The zero-order chi connectivity index (χ0) is 53.9. The highest BCUT2D eigenvalue weighted by molar-refractivity contribution is 7.25. The fourth-order valence-corrected chi connectivity index (χ4v) is 15.1. The third-order valence-corrected chi connectivity index (χ3v) is 20.0. The molecule has 77 heavy (non-hydrogen) atoms. The van der Waals surface area contributed by atoms with Crippen molar-refractivity contribution in [3.63, 3.8) is 0 Å². The summed E-state index contributed by atoms with van der Waals surface area (Å²) in [6, 6.07) is 62.7. The van der Waals surface area contributed by atoms with E-state index in [1.807, 2.05) is 11.3 Å². The number of hydrogen-bond donors (Lipinski definition) is 0. The van der Waals surface area contributed by atoms with Crippen LogP contribution >= 0.6 is 11.3 Å². The van der Waals surface area contributed by atoms with Crippen LogP contribution in [0.25, 0.3) is 31.3 Å². The van der Waals surface area contributed by atoms with Gasteiger partial charge in [0.2, 0.25) is 0 Å². The first kappa shape index (κ1) is 50.0. The van der Waals surface area contributed by atoms with E-state index in [1.54, 1.807) is 0 Å². The van der Waals surface area contributed by atoms with Crippen LogP contribution < -0.4 is 31.1 Å². The number of anilines is 8. The zero-order valence-electron chi connectivity index (χ0n) is 48.2. The van der Waals surface area contributed by atoms with E-state index < -0.39 is 0 Å². The molecule has 0 amide bonds. The summed E-state index contributed by atoms with van der Waals surface area (Å²) in [5, 5.41) is 2.63. The quantitative estimate of drug-likeness (QED) is 0.163. The van der Waals surface area contributed by atoms with Crippen molar-refractivity contribution < 1.29 is 0 Å². The molecule has 388 valence electrons. The summed E-state index contributed by atoms with van der Waals surface area (Å²) in [7, 11) is 0. The SMILES string of the molecule is CC(C)(C)c1ccc(-c2ccc3c(c2)C2(C)CCCCC2(C)N3c2cc3c4c(c2)N(c2ccc5sc6ccccc6c5c2)c2ccc(C(C)(C)C)cc2B4c2cc(C(C)(C)C)ccc2N3c2ccc(C(C)(C)C)cc2)cc1. The van der Waals surface area contributed by atoms with Crippen LogP contribution in [0.4, 0.5) is 45.5 Å². The maximum Gasteiger partial charge on any atom is 0.252 e. The van der Waals surface area contributed by atoms with Crippen molar-refractivity contribution in [3.8, 4) is 11.1 Å². The van der Waals surface area contributed by atoms with Crippen molar-refractivity contribution in [1.82, 2.24) is 0 Å². The number of hydrogen-bond acceptors (Lipinski definition) is 4. The van der Waals surface area contributed by atoms with Crippen LogP contribution in [0.2, 0.25) is 0 Å². The van der Waals surface area contributed by atoms with Crippen LogP contribution in [0, 0.1) is 0 Å². The number of nitrogens with zero attached hydrogens (tertiary/aromatic N) is 3. The van der Waals surface area contributed by atoms with Gasteiger partial charge in [-0.1, -0.05) is 188 Å². The van der Waals surface area contributed by atoms with E-state index in [0.29, 0.717) is 0 Å². The molecule has 8 aromatic carbocycles. The summed E-state index contributed by atoms with van der Waals surface area (Å²) < 4.78 is 2.65. The van der Waals surface area contributed by atoms with Crippen LogP contribution in [0.5, 0.6) is 0 Å². The second-order valence-electron chi connectivity index (χ2n) is 27.8. The summed E-state index contributed by atoms with van der Waals surface area (Å²) in [4.78, 5) is 8.13. The molecule has 0 N–H and O–H groups in total. The molecule has 4 aliphatic rings. The molecular weight excluding hydrogens is 950 g/mol. The third-order valence-electron chi connectivity index (χ3n) is 18.8. The fraction of sp³-hybridized carbons (Fsp3) is 0.333. The lowest BCUT2D eigenvalue weighted by atomic mass is 9.33. The molecule has 3 aliphatic heterocycles. The zero-order valence-corrected chi connectivity index (χ0v) is 49.0. The van der Waals surface area contributed by atoms with E-state index in [-0.39, 0.29) is 39.3 Å². The van der Waals surface area contributed by atoms with Crippen molar-refractivity contribution in [2.24, 2.45) is 0 Å². The minimum absolute atomic E-state index is 0.00988. The highest BCUT2D eigenvalue weighted by Crippen LogP contribution is 2.62. The molecule has 5 heteroatoms. The predicted octanol–water partition coefficient (Wildman–Crippen LogP) is 18.7. The summed E-state index contributed by atoms with van der Waals surface area (Å²) >= 11 is 1.90. The molecule has 0 spiro atoms. The van der Waals surface area contributed by atoms with Gasteiger partial charge in [-0.15, -0.1) is 11.3 Å². The molecule has 9 aromatic rings. The van der Waals surface area contributed by atoms with Gasteiger partial charge in [0.05, 0.1) is 5.54 Å². The number of fused-ring (bicyclic) bond motifs is 10. The summed E-state index contributed by atoms with van der Waals surface area (Å²) in [6.07, 6.45) is 4.70. The average Bonchev–Trinajstić information content (AvgIpc) is 3.88. The monoisotopic (exact) mass is 1030 g/mol. The molecule has 2 unspecified atom stereocenters. The van der Waals surface area contributed by atoms with Gasteiger partial charge < -0.3 is 14.7 Å². The molecule has 1 aliphatic carbocycles. The van der Waals surface area contributed by atoms with Gasteiger partial charge in [-0.05, 0) is 170 Å². The predicted molar refractivity (Wildman–Crippen MR) is 336 cm³/mol. The first-order valence-corrected chi connectivity index (χ1v) is 29.4. The van der Waals surface area contributed by atoms with Gasteiger partial charge in [-0.25, -0.2) is 0 Å². The lowest BCUT2D eigenvalue weighted by molar-refractivity contribution is 0.195. The number of rotatable bonds is 4. The molecule has 0 radical (unpaired) electrons. The Balaban J connectivity index is 1.12. The first-order chi connectivity index (χ1) is 36.4. The van der Waals surface area contributed by atoms with Crippen molar-refractivity contribution in [2.45, 2.75) is 155 Å². The number of thiophene rings is 1. The van der Waals surface area contributed by atoms with Gasteiger partial charge in [0, 0.05) is 71.1 Å². The van der Waals surface area contributed by atoms with Crippen LogP contribution in [0.1, 0.15) is 150 Å². The molecular formula is C72H76BN3S. The van der Waals surface area contributed by atoms with Crippen LogP contribution in [0.15, 0.2) is 158 Å². The molecule has 1 aromatic heterocycles. The van der Waals surface area contributed by atoms with Gasteiger partial charge in [0.25, 0.3) is 6.71 Å². The molecule has 3 nitrogen and oxygen atoms in total. The van der Waals surface area contributed by atoms with E-state index in [0.717, 1.165) is 12.8 Å². The average molecular weight is 1030 g/mol. The van der Waals surface area contributed by atoms with E-state index in [1.165, 1.54) is 134 Å². The standard InChI is InChI=1S/C72H76BN3S/c1-67(2,3)47-24-21-45(22-25-47)46-23-33-59-56(39-46)71(13)37-17-18-38-72(71,14)76(59)53-43-62-66-63(44-53)75(52-32-36-65-55(42-52)54-19-15-16-20-64(54)77-65)61-35-29-50(70(10,11)12)41-58(61)73(66)57-40-49(69(7,8)9)28-34-60(57)74(62)51-30-26-48(27-31-51)68(4,5)6/h15-16,19-36,39-44H,17-18,37-38H2,1-14H3. The second kappa shape index (κ2) is 17.0. The van der Waals surface area contributed by atoms with Crippen molar-refractivity contribution in [2.75, 3.05) is 14.7 Å². The van der Waals surface area contributed by atoms with E-state index in [4.69, 9.17) is 0 Å². The third kappa shape index (κ3) is 7.71. The van der Waals surface area contributed by atoms with Crippen molar-refractivity contribution >= 4 is 100 Å². The van der Waals surface area contributed by atoms with Gasteiger partial charge in [0.1, 0.15) is 0 Å². The molecule has 4 heterocycles. The Morgan fingerprint density at radius 3 is 1.51 bits per heavy atom. The van der Waals surface area contributed by atoms with Gasteiger partial charge in [-0.2, -0.15) is 0 Å². The second-order valence-corrected chi connectivity index (χ2v) is 28.9. The van der Waals surface area contributed by atoms with Crippen molar-refractivity contribution in [3.05, 3.63) is 186 Å². The topological polar surface area (TPSA) is 9.72 Å². The minimum Gasteiger partial charge on any atom is -0.334 e. The van der Waals surface area contributed by atoms with Crippen molar-refractivity contribution in [1.29, 1.82) is 0 Å². The Bertz CT molecular complexity index is 3850. The fourth-order valence-electron chi connectivity index (χ4n) is 14.1. The molecule has 1 saturated carbocycles. The highest BCUT2D eigenvalue weighted by Gasteiger charge is 2.58. The first-order valence-electron chi connectivity index (χ1n) is 28.6. The summed E-state index contributed by atoms with van der Waals surface area (Å²) in [5.41, 5.74) is 23.3. The van der Waals surface area contributed by atoms with Crippen LogP contribution in [-0.2, 0) is 27.1 Å². The summed E-state index contributed by atoms with van der Waals surface area (Å²) in [6.45, 7) is 33.3. The molecule has 1 fully saturated rings. The molecule has 2 atom stereocenters. The van der Waals surface area contributed by atoms with E-state index >= 15 is 0 Å². The van der Waals surface area contributed by atoms with Gasteiger partial charge in [0.15, 0.2) is 0 Å². The lowest BCUT2D eigenvalue weighted by Crippen LogP contribution is -2.62. The molecule has 0 bridgehead atoms. The summed E-state index contributed by atoms with van der Waals surface area (Å²) in [5.74, 6) is 0. The Kier molecular flexibility index (Phi) is 11.0. The Morgan fingerprint density at radius 2 is 0.909 bits per heavy atom. The lowest BCUT2D eigenvalue weighted by Gasteiger charge is -2.51. The molecule has 13 rings (SSSR count). The minimum atomic E-state index is -0.177. The Morgan fingerprint density at radius 1 is 0.416 bits per heavy atom. The smallest absolute Gasteiger partial charge is 0.252 e. The highest BCUT2D eigenvalue weighted by atomic mass is 32.1. The van der Waals surface area contributed by atoms with Gasteiger partial charge in [-0.3, -0.25) is 0 Å². The maximum atomic E-state index is 2.82. The van der Waals surface area contributed by atoms with Crippen LogP contribution in [0.3, 0.4) is 0 Å². The number of benzene rings is 8. The largest absolute Gasteiger partial charge is 0.334 e. The molecule has 0 saturated heterocycles.